The van der Waals surface area contributed by atoms with Crippen molar-refractivity contribution in [1.29, 1.82) is 0 Å². The monoisotopic (exact) mass is 227 g/mol. The Labute approximate surface area is 96.3 Å². The summed E-state index contributed by atoms with van der Waals surface area (Å²) < 4.78 is 0. The summed E-state index contributed by atoms with van der Waals surface area (Å²) in [6.07, 6.45) is 2.69. The van der Waals surface area contributed by atoms with Gasteiger partial charge in [-0.2, -0.15) is 0 Å². The van der Waals surface area contributed by atoms with Crippen molar-refractivity contribution < 1.29 is 5.11 Å². The minimum Gasteiger partial charge on any atom is -0.389 e. The van der Waals surface area contributed by atoms with E-state index in [0.29, 0.717) is 6.54 Å². The van der Waals surface area contributed by atoms with Crippen LogP contribution in [0.2, 0.25) is 0 Å². The molecule has 0 fully saturated rings. The molecule has 0 amide bonds. The van der Waals surface area contributed by atoms with E-state index in [4.69, 9.17) is 0 Å². The zero-order chi connectivity index (χ0) is 11.1. The summed E-state index contributed by atoms with van der Waals surface area (Å²) in [6.45, 7) is 5.71. The molecule has 0 saturated heterocycles. The lowest BCUT2D eigenvalue weighted by Gasteiger charge is -2.25. The molecule has 0 aliphatic carbocycles. The molecule has 0 aromatic carbocycles. The van der Waals surface area contributed by atoms with E-state index in [2.05, 4.69) is 22.8 Å². The Kier molecular flexibility index (Phi) is 5.29. The van der Waals surface area contributed by atoms with E-state index in [1.807, 2.05) is 13.8 Å². The molecule has 0 radical (unpaired) electrons. The maximum Gasteiger partial charge on any atom is 0.0766 e. The zero-order valence-corrected chi connectivity index (χ0v) is 10.4. The molecule has 0 aliphatic heterocycles. The van der Waals surface area contributed by atoms with Gasteiger partial charge in [0.1, 0.15) is 0 Å². The summed E-state index contributed by atoms with van der Waals surface area (Å²) in [6, 6.07) is 4.23. The van der Waals surface area contributed by atoms with E-state index in [-0.39, 0.29) is 0 Å². The first-order valence-corrected chi connectivity index (χ1v) is 6.53. The van der Waals surface area contributed by atoms with Crippen LogP contribution in [0.1, 0.15) is 31.6 Å². The van der Waals surface area contributed by atoms with Crippen LogP contribution in [0.5, 0.6) is 0 Å². The molecule has 2 nitrogen and oxygen atoms in total. The maximum absolute atomic E-state index is 10.0. The third-order valence-electron chi connectivity index (χ3n) is 2.90. The van der Waals surface area contributed by atoms with Crippen LogP contribution in [0.25, 0.3) is 0 Å². The molecule has 1 rings (SSSR count). The van der Waals surface area contributed by atoms with Gasteiger partial charge < -0.3 is 10.4 Å². The smallest absolute Gasteiger partial charge is 0.0766 e. The molecule has 0 saturated carbocycles. The molecular weight excluding hydrogens is 206 g/mol. The Hall–Kier alpha value is -0.380. The summed E-state index contributed by atoms with van der Waals surface area (Å²) in [4.78, 5) is 1.40. The minimum atomic E-state index is -0.518. The van der Waals surface area contributed by atoms with E-state index >= 15 is 0 Å². The molecule has 0 spiro atoms. The Morgan fingerprint density at radius 1 is 1.40 bits per heavy atom. The van der Waals surface area contributed by atoms with Gasteiger partial charge in [0.25, 0.3) is 0 Å². The second-order valence-corrected chi connectivity index (χ2v) is 4.97. The predicted octanol–water partition coefficient (Wildman–Crippen LogP) is 2.43. The standard InChI is InChI=1S/C12H21NOS/c1-3-12(14,4-2)10-13-8-7-11-6-5-9-15-11/h5-6,9,13-14H,3-4,7-8,10H2,1-2H3. The van der Waals surface area contributed by atoms with E-state index in [0.717, 1.165) is 25.8 Å². The quantitative estimate of drug-likeness (QED) is 0.701. The van der Waals surface area contributed by atoms with E-state index in [1.165, 1.54) is 4.88 Å². The highest BCUT2D eigenvalue weighted by Gasteiger charge is 2.20. The predicted molar refractivity (Wildman–Crippen MR) is 66.4 cm³/mol. The fourth-order valence-electron chi connectivity index (χ4n) is 1.49. The first-order chi connectivity index (χ1) is 7.20. The number of hydrogen-bond donors (Lipinski definition) is 2. The van der Waals surface area contributed by atoms with Gasteiger partial charge in [0, 0.05) is 18.0 Å². The Balaban J connectivity index is 2.16. The van der Waals surface area contributed by atoms with Gasteiger partial charge in [-0.05, 0) is 30.7 Å². The van der Waals surface area contributed by atoms with Crippen molar-refractivity contribution in [1.82, 2.24) is 5.32 Å². The number of rotatable bonds is 7. The topological polar surface area (TPSA) is 32.3 Å². The minimum absolute atomic E-state index is 0.518. The van der Waals surface area contributed by atoms with Crippen LogP contribution in [0.3, 0.4) is 0 Å². The molecule has 1 aromatic heterocycles. The van der Waals surface area contributed by atoms with Crippen molar-refractivity contribution in [3.8, 4) is 0 Å². The number of hydrogen-bond acceptors (Lipinski definition) is 3. The van der Waals surface area contributed by atoms with Gasteiger partial charge in [0.2, 0.25) is 0 Å². The second-order valence-electron chi connectivity index (χ2n) is 3.94. The summed E-state index contributed by atoms with van der Waals surface area (Å²) in [7, 11) is 0. The Morgan fingerprint density at radius 3 is 2.67 bits per heavy atom. The van der Waals surface area contributed by atoms with Gasteiger partial charge in [-0.3, -0.25) is 0 Å². The van der Waals surface area contributed by atoms with Crippen LogP contribution >= 0.6 is 11.3 Å². The molecule has 2 N–H and O–H groups in total. The van der Waals surface area contributed by atoms with E-state index in [9.17, 15) is 5.11 Å². The van der Waals surface area contributed by atoms with Crippen molar-refractivity contribution in [2.75, 3.05) is 13.1 Å². The number of nitrogens with one attached hydrogen (secondary N) is 1. The van der Waals surface area contributed by atoms with Gasteiger partial charge in [-0.1, -0.05) is 19.9 Å². The SMILES string of the molecule is CCC(O)(CC)CNCCc1cccs1. The molecule has 86 valence electrons. The third-order valence-corrected chi connectivity index (χ3v) is 3.83. The van der Waals surface area contributed by atoms with Crippen LogP contribution in [-0.4, -0.2) is 23.8 Å². The zero-order valence-electron chi connectivity index (χ0n) is 9.62. The average Bonchev–Trinajstić information content (AvgIpc) is 2.77. The normalized spacial score (nSPS) is 11.9. The maximum atomic E-state index is 10.0. The molecule has 0 bridgehead atoms. The van der Waals surface area contributed by atoms with Crippen molar-refractivity contribution in [2.24, 2.45) is 0 Å². The molecular formula is C12H21NOS. The third kappa shape index (κ3) is 4.33. The van der Waals surface area contributed by atoms with Crippen LogP contribution in [0.4, 0.5) is 0 Å². The molecule has 1 heterocycles. The lowest BCUT2D eigenvalue weighted by Crippen LogP contribution is -2.40. The van der Waals surface area contributed by atoms with Crippen molar-refractivity contribution in [3.05, 3.63) is 22.4 Å². The van der Waals surface area contributed by atoms with Crippen LogP contribution in [0.15, 0.2) is 17.5 Å². The molecule has 1 aromatic rings. The fourth-order valence-corrected chi connectivity index (χ4v) is 2.20. The van der Waals surface area contributed by atoms with Crippen LogP contribution in [-0.2, 0) is 6.42 Å². The van der Waals surface area contributed by atoms with Gasteiger partial charge in [0.15, 0.2) is 0 Å². The summed E-state index contributed by atoms with van der Waals surface area (Å²) in [5.41, 5.74) is -0.518. The molecule has 0 unspecified atom stereocenters. The fraction of sp³-hybridized carbons (Fsp3) is 0.667. The Bertz CT molecular complexity index is 255. The van der Waals surface area contributed by atoms with E-state index < -0.39 is 5.60 Å². The van der Waals surface area contributed by atoms with Crippen LogP contribution < -0.4 is 5.32 Å². The lowest BCUT2D eigenvalue weighted by atomic mass is 9.98. The number of thiophene rings is 1. The van der Waals surface area contributed by atoms with Gasteiger partial charge in [-0.15, -0.1) is 11.3 Å². The molecule has 0 atom stereocenters. The first kappa shape index (κ1) is 12.7. The highest BCUT2D eigenvalue weighted by atomic mass is 32.1. The van der Waals surface area contributed by atoms with Crippen molar-refractivity contribution in [3.63, 3.8) is 0 Å². The molecule has 0 aliphatic rings. The van der Waals surface area contributed by atoms with Gasteiger partial charge >= 0.3 is 0 Å². The van der Waals surface area contributed by atoms with Gasteiger partial charge in [-0.25, -0.2) is 0 Å². The average molecular weight is 227 g/mol. The molecule has 3 heteroatoms. The summed E-state index contributed by atoms with van der Waals surface area (Å²) in [5.74, 6) is 0. The van der Waals surface area contributed by atoms with Gasteiger partial charge in [0.05, 0.1) is 5.60 Å². The summed E-state index contributed by atoms with van der Waals surface area (Å²) >= 11 is 1.79. The van der Waals surface area contributed by atoms with Crippen molar-refractivity contribution >= 4 is 11.3 Å². The molecule has 15 heavy (non-hydrogen) atoms. The highest BCUT2D eigenvalue weighted by Crippen LogP contribution is 2.13. The summed E-state index contributed by atoms with van der Waals surface area (Å²) in [5, 5.41) is 15.4. The lowest BCUT2D eigenvalue weighted by molar-refractivity contribution is 0.0329. The largest absolute Gasteiger partial charge is 0.389 e. The Morgan fingerprint density at radius 2 is 2.13 bits per heavy atom. The highest BCUT2D eigenvalue weighted by molar-refractivity contribution is 7.09. The second kappa shape index (κ2) is 6.26. The first-order valence-electron chi connectivity index (χ1n) is 5.65. The van der Waals surface area contributed by atoms with Crippen LogP contribution in [0, 0.1) is 0 Å². The van der Waals surface area contributed by atoms with E-state index in [1.54, 1.807) is 11.3 Å². The number of aliphatic hydroxyl groups is 1. The van der Waals surface area contributed by atoms with Crippen molar-refractivity contribution in [2.45, 2.75) is 38.7 Å².